The Hall–Kier alpha value is -2.24. The van der Waals surface area contributed by atoms with E-state index in [9.17, 15) is 9.59 Å². The highest BCUT2D eigenvalue weighted by Crippen LogP contribution is 2.14. The number of amides is 2. The van der Waals surface area contributed by atoms with Crippen LogP contribution in [0.15, 0.2) is 24.3 Å². The standard InChI is InChI=1S/C13H17N3O3/c1-15-5-6-16(8-12(15)17)13(18)9-19-11-4-2-3-10(14)7-11/h2-4,7H,5-6,8-9,14H2,1H3. The van der Waals surface area contributed by atoms with Crippen molar-refractivity contribution in [1.82, 2.24) is 9.80 Å². The minimum absolute atomic E-state index is 0.0523. The van der Waals surface area contributed by atoms with Gasteiger partial charge in [-0.15, -0.1) is 0 Å². The lowest BCUT2D eigenvalue weighted by Gasteiger charge is -2.31. The highest BCUT2D eigenvalue weighted by Gasteiger charge is 2.24. The Labute approximate surface area is 111 Å². The molecule has 2 amide bonds. The lowest BCUT2D eigenvalue weighted by Crippen LogP contribution is -2.51. The van der Waals surface area contributed by atoms with Gasteiger partial charge in [0.25, 0.3) is 5.91 Å². The first-order valence-electron chi connectivity index (χ1n) is 6.06. The lowest BCUT2D eigenvalue weighted by atomic mass is 10.3. The molecule has 1 aromatic carbocycles. The Morgan fingerprint density at radius 1 is 1.42 bits per heavy atom. The Balaban J connectivity index is 1.86. The average Bonchev–Trinajstić information content (AvgIpc) is 2.39. The summed E-state index contributed by atoms with van der Waals surface area (Å²) >= 11 is 0. The smallest absolute Gasteiger partial charge is 0.261 e. The molecule has 6 nitrogen and oxygen atoms in total. The lowest BCUT2D eigenvalue weighted by molar-refractivity contribution is -0.145. The van der Waals surface area contributed by atoms with Crippen LogP contribution in [-0.4, -0.2) is 54.9 Å². The third-order valence-corrected chi connectivity index (χ3v) is 3.03. The van der Waals surface area contributed by atoms with Gasteiger partial charge >= 0.3 is 0 Å². The zero-order valence-corrected chi connectivity index (χ0v) is 10.8. The second-order valence-corrected chi connectivity index (χ2v) is 4.49. The fourth-order valence-corrected chi connectivity index (χ4v) is 1.81. The number of rotatable bonds is 3. The molecule has 0 bridgehead atoms. The summed E-state index contributed by atoms with van der Waals surface area (Å²) in [5, 5.41) is 0. The Morgan fingerprint density at radius 2 is 2.21 bits per heavy atom. The summed E-state index contributed by atoms with van der Waals surface area (Å²) < 4.78 is 5.37. The largest absolute Gasteiger partial charge is 0.484 e. The molecule has 2 N–H and O–H groups in total. The van der Waals surface area contributed by atoms with E-state index in [4.69, 9.17) is 10.5 Å². The van der Waals surface area contributed by atoms with Crippen molar-refractivity contribution < 1.29 is 14.3 Å². The van der Waals surface area contributed by atoms with Crippen molar-refractivity contribution in [3.8, 4) is 5.75 Å². The van der Waals surface area contributed by atoms with Crippen LogP contribution in [0.3, 0.4) is 0 Å². The van der Waals surface area contributed by atoms with Crippen molar-refractivity contribution in [3.63, 3.8) is 0 Å². The van der Waals surface area contributed by atoms with Crippen LogP contribution in [0.2, 0.25) is 0 Å². The summed E-state index contributed by atoms with van der Waals surface area (Å²) in [6.45, 7) is 1.14. The van der Waals surface area contributed by atoms with Crippen molar-refractivity contribution in [2.24, 2.45) is 0 Å². The number of likely N-dealkylation sites (N-methyl/N-ethyl adjacent to an activating group) is 1. The molecule has 102 valence electrons. The normalized spacial score (nSPS) is 15.5. The van der Waals surface area contributed by atoms with E-state index >= 15 is 0 Å². The first-order valence-corrected chi connectivity index (χ1v) is 6.06. The molecular weight excluding hydrogens is 246 g/mol. The van der Waals surface area contributed by atoms with Gasteiger partial charge < -0.3 is 20.3 Å². The van der Waals surface area contributed by atoms with Crippen LogP contribution in [0.1, 0.15) is 0 Å². The minimum Gasteiger partial charge on any atom is -0.484 e. The molecule has 1 heterocycles. The van der Waals surface area contributed by atoms with Crippen LogP contribution in [0.4, 0.5) is 5.69 Å². The van der Waals surface area contributed by atoms with Crippen LogP contribution in [0.5, 0.6) is 5.75 Å². The van der Waals surface area contributed by atoms with Crippen molar-refractivity contribution >= 4 is 17.5 Å². The first kappa shape index (κ1) is 13.2. The summed E-state index contributed by atoms with van der Waals surface area (Å²) in [5.41, 5.74) is 6.20. The fraction of sp³-hybridized carbons (Fsp3) is 0.385. The molecule has 0 spiro atoms. The van der Waals surface area contributed by atoms with E-state index in [1.165, 1.54) is 4.90 Å². The van der Waals surface area contributed by atoms with Gasteiger partial charge in [-0.2, -0.15) is 0 Å². The molecule has 1 saturated heterocycles. The Morgan fingerprint density at radius 3 is 2.89 bits per heavy atom. The molecule has 0 aromatic heterocycles. The zero-order chi connectivity index (χ0) is 13.8. The fourth-order valence-electron chi connectivity index (χ4n) is 1.81. The molecule has 1 fully saturated rings. The van der Waals surface area contributed by atoms with E-state index in [-0.39, 0.29) is 25.0 Å². The van der Waals surface area contributed by atoms with Gasteiger partial charge in [-0.1, -0.05) is 6.07 Å². The van der Waals surface area contributed by atoms with Crippen LogP contribution in [0, 0.1) is 0 Å². The Kier molecular flexibility index (Phi) is 3.89. The third-order valence-electron chi connectivity index (χ3n) is 3.03. The number of nitrogen functional groups attached to an aromatic ring is 1. The van der Waals surface area contributed by atoms with E-state index in [1.54, 1.807) is 36.2 Å². The molecule has 19 heavy (non-hydrogen) atoms. The summed E-state index contributed by atoms with van der Waals surface area (Å²) in [6.07, 6.45) is 0. The Bertz CT molecular complexity index is 490. The van der Waals surface area contributed by atoms with Gasteiger partial charge in [0.2, 0.25) is 5.91 Å². The molecule has 0 unspecified atom stereocenters. The van der Waals surface area contributed by atoms with E-state index in [2.05, 4.69) is 0 Å². The number of benzene rings is 1. The van der Waals surface area contributed by atoms with Gasteiger partial charge in [0.1, 0.15) is 5.75 Å². The molecule has 6 heteroatoms. The van der Waals surface area contributed by atoms with Crippen LogP contribution >= 0.6 is 0 Å². The average molecular weight is 263 g/mol. The van der Waals surface area contributed by atoms with E-state index < -0.39 is 0 Å². The van der Waals surface area contributed by atoms with Gasteiger partial charge in [-0.05, 0) is 12.1 Å². The number of anilines is 1. The molecule has 1 aliphatic rings. The van der Waals surface area contributed by atoms with Crippen molar-refractivity contribution in [1.29, 1.82) is 0 Å². The van der Waals surface area contributed by atoms with Gasteiger partial charge in [0, 0.05) is 31.9 Å². The molecule has 1 aliphatic heterocycles. The second-order valence-electron chi connectivity index (χ2n) is 4.49. The highest BCUT2D eigenvalue weighted by atomic mass is 16.5. The van der Waals surface area contributed by atoms with Gasteiger partial charge in [0.15, 0.2) is 6.61 Å². The second kappa shape index (κ2) is 5.60. The zero-order valence-electron chi connectivity index (χ0n) is 10.8. The number of carbonyl (C=O) groups excluding carboxylic acids is 2. The number of carbonyl (C=O) groups is 2. The van der Waals surface area contributed by atoms with Gasteiger partial charge in [0.05, 0.1) is 6.54 Å². The number of hydrogen-bond donors (Lipinski definition) is 1. The summed E-state index contributed by atoms with van der Waals surface area (Å²) in [6, 6.07) is 6.89. The number of nitrogens with zero attached hydrogens (tertiary/aromatic N) is 2. The molecule has 1 aromatic rings. The van der Waals surface area contributed by atoms with Crippen LogP contribution in [0.25, 0.3) is 0 Å². The quantitative estimate of drug-likeness (QED) is 0.776. The summed E-state index contributed by atoms with van der Waals surface area (Å²) in [5.74, 6) is 0.307. The molecular formula is C13H17N3O3. The number of nitrogens with two attached hydrogens (primary N) is 1. The van der Waals surface area contributed by atoms with Crippen LogP contribution < -0.4 is 10.5 Å². The monoisotopic (exact) mass is 263 g/mol. The maximum absolute atomic E-state index is 11.9. The topological polar surface area (TPSA) is 75.9 Å². The molecule has 2 rings (SSSR count). The number of hydrogen-bond acceptors (Lipinski definition) is 4. The molecule has 0 saturated carbocycles. The highest BCUT2D eigenvalue weighted by molar-refractivity contribution is 5.86. The SMILES string of the molecule is CN1CCN(C(=O)COc2cccc(N)c2)CC1=O. The van der Waals surface area contributed by atoms with Crippen molar-refractivity contribution in [2.75, 3.05) is 39.0 Å². The van der Waals surface area contributed by atoms with Gasteiger partial charge in [-0.3, -0.25) is 9.59 Å². The minimum atomic E-state index is -0.191. The number of piperazine rings is 1. The van der Waals surface area contributed by atoms with E-state index in [1.807, 2.05) is 0 Å². The summed E-state index contributed by atoms with van der Waals surface area (Å²) in [7, 11) is 1.73. The van der Waals surface area contributed by atoms with Crippen LogP contribution in [-0.2, 0) is 9.59 Å². The number of ether oxygens (including phenoxy) is 1. The van der Waals surface area contributed by atoms with Crippen molar-refractivity contribution in [2.45, 2.75) is 0 Å². The van der Waals surface area contributed by atoms with E-state index in [0.717, 1.165) is 0 Å². The van der Waals surface area contributed by atoms with E-state index in [0.29, 0.717) is 24.5 Å². The maximum Gasteiger partial charge on any atom is 0.261 e. The third kappa shape index (κ3) is 3.37. The summed E-state index contributed by atoms with van der Waals surface area (Å²) in [4.78, 5) is 26.5. The molecule has 0 atom stereocenters. The maximum atomic E-state index is 11.9. The molecule has 0 aliphatic carbocycles. The predicted molar refractivity (Wildman–Crippen MR) is 70.6 cm³/mol. The van der Waals surface area contributed by atoms with Gasteiger partial charge in [-0.25, -0.2) is 0 Å². The first-order chi connectivity index (χ1) is 9.06. The van der Waals surface area contributed by atoms with Crippen molar-refractivity contribution in [3.05, 3.63) is 24.3 Å². The predicted octanol–water partition coefficient (Wildman–Crippen LogP) is -0.0518. The molecule has 0 radical (unpaired) electrons.